The molecule has 1 aliphatic rings. The topological polar surface area (TPSA) is 9.86 Å². The Hall–Kier alpha value is -10.3. The molecular weight excluding hydrogens is 965 g/mol. The van der Waals surface area contributed by atoms with E-state index in [0.29, 0.717) is 5.92 Å². The van der Waals surface area contributed by atoms with Gasteiger partial charge in [0.15, 0.2) is 0 Å². The molecule has 0 radical (unpaired) electrons. The molecule has 2 aromatic heterocycles. The van der Waals surface area contributed by atoms with Crippen molar-refractivity contribution in [2.75, 3.05) is 0 Å². The second-order valence-electron chi connectivity index (χ2n) is 21.1. The third-order valence-electron chi connectivity index (χ3n) is 16.5. The van der Waals surface area contributed by atoms with Crippen LogP contribution < -0.4 is 0 Å². The molecule has 2 nitrogen and oxygen atoms in total. The van der Waals surface area contributed by atoms with Crippen molar-refractivity contribution in [3.8, 4) is 89.7 Å². The minimum absolute atomic E-state index is 0.296. The van der Waals surface area contributed by atoms with Crippen molar-refractivity contribution in [3.05, 3.63) is 315 Å². The summed E-state index contributed by atoms with van der Waals surface area (Å²) >= 11 is 0. The summed E-state index contributed by atoms with van der Waals surface area (Å²) in [5.74, 6) is 0.296. The van der Waals surface area contributed by atoms with E-state index in [4.69, 9.17) is 0 Å². The van der Waals surface area contributed by atoms with Crippen molar-refractivity contribution in [2.45, 2.75) is 12.3 Å². The first-order valence-corrected chi connectivity index (χ1v) is 27.8. The monoisotopic (exact) mass is 1020 g/mol. The fourth-order valence-corrected chi connectivity index (χ4v) is 12.7. The maximum Gasteiger partial charge on any atom is 0.0535 e. The lowest BCUT2D eigenvalue weighted by atomic mass is 9.82. The van der Waals surface area contributed by atoms with Gasteiger partial charge in [-0.3, -0.25) is 0 Å². The largest absolute Gasteiger partial charge is 0.313 e. The van der Waals surface area contributed by atoms with Gasteiger partial charge in [0.25, 0.3) is 0 Å². The van der Waals surface area contributed by atoms with Crippen LogP contribution in [-0.2, 0) is 0 Å². The van der Waals surface area contributed by atoms with Gasteiger partial charge in [-0.15, -0.1) is 0 Å². The molecular formula is C78H54N2. The number of nitrogens with zero attached hydrogens (tertiary/aromatic N) is 2. The quantitative estimate of drug-likeness (QED) is 0.121. The van der Waals surface area contributed by atoms with Crippen molar-refractivity contribution >= 4 is 43.1 Å². The molecule has 0 spiro atoms. The third-order valence-corrected chi connectivity index (χ3v) is 16.5. The third kappa shape index (κ3) is 8.20. The number of fused-ring (bicyclic) bond motifs is 4. The Kier molecular flexibility index (Phi) is 11.7. The van der Waals surface area contributed by atoms with Crippen LogP contribution >= 0.6 is 0 Å². The van der Waals surface area contributed by atoms with E-state index in [1.807, 2.05) is 0 Å². The highest BCUT2D eigenvalue weighted by molar-refractivity contribution is 6.26. The number of rotatable bonds is 10. The Morgan fingerprint density at radius 1 is 0.275 bits per heavy atom. The van der Waals surface area contributed by atoms with Gasteiger partial charge in [-0.05, 0) is 171 Å². The lowest BCUT2D eigenvalue weighted by molar-refractivity contribution is 0.786. The Bertz CT molecular complexity index is 4620. The van der Waals surface area contributed by atoms with Gasteiger partial charge >= 0.3 is 0 Å². The van der Waals surface area contributed by atoms with E-state index in [-0.39, 0.29) is 0 Å². The van der Waals surface area contributed by atoms with E-state index in [1.165, 1.54) is 110 Å². The minimum Gasteiger partial charge on any atom is -0.313 e. The van der Waals surface area contributed by atoms with E-state index in [2.05, 4.69) is 319 Å². The van der Waals surface area contributed by atoms with E-state index < -0.39 is 0 Å². The van der Waals surface area contributed by atoms with Gasteiger partial charge in [0.2, 0.25) is 0 Å². The first kappa shape index (κ1) is 47.0. The molecule has 0 amide bonds. The zero-order valence-corrected chi connectivity index (χ0v) is 44.1. The number of benzene rings is 12. The summed E-state index contributed by atoms with van der Waals surface area (Å²) in [6.07, 6.45) is 9.93. The number of allylic oxidation sites excluding steroid dienone is 4. The molecule has 15 rings (SSSR count). The van der Waals surface area contributed by atoms with Crippen molar-refractivity contribution in [1.29, 1.82) is 0 Å². The van der Waals surface area contributed by atoms with E-state index >= 15 is 0 Å². The average molecular weight is 1020 g/mol. The highest BCUT2D eigenvalue weighted by Crippen LogP contribution is 2.49. The first-order chi connectivity index (χ1) is 39.7. The fourth-order valence-electron chi connectivity index (χ4n) is 12.7. The van der Waals surface area contributed by atoms with Crippen LogP contribution in [0.5, 0.6) is 0 Å². The van der Waals surface area contributed by atoms with Crippen LogP contribution in [0.1, 0.15) is 18.0 Å². The van der Waals surface area contributed by atoms with Gasteiger partial charge in [-0.2, -0.15) is 0 Å². The van der Waals surface area contributed by atoms with E-state index in [1.54, 1.807) is 0 Å². The second-order valence-corrected chi connectivity index (χ2v) is 21.1. The first-order valence-electron chi connectivity index (χ1n) is 27.8. The smallest absolute Gasteiger partial charge is 0.0535 e. The van der Waals surface area contributed by atoms with Crippen LogP contribution in [-0.4, -0.2) is 9.13 Å². The fraction of sp³-hybridized carbons (Fsp3) is 0.0256. The molecule has 0 N–H and O–H groups in total. The van der Waals surface area contributed by atoms with Gasteiger partial charge in [0.05, 0.1) is 17.1 Å². The van der Waals surface area contributed by atoms with E-state index in [0.717, 1.165) is 34.7 Å². The van der Waals surface area contributed by atoms with Crippen LogP contribution in [0.4, 0.5) is 0 Å². The molecule has 0 fully saturated rings. The molecule has 14 aromatic rings. The van der Waals surface area contributed by atoms with Gasteiger partial charge in [-0.1, -0.05) is 249 Å². The molecule has 0 bridgehead atoms. The Balaban J connectivity index is 0.925. The highest BCUT2D eigenvalue weighted by atomic mass is 15.0. The summed E-state index contributed by atoms with van der Waals surface area (Å²) in [5, 5.41) is 9.80. The molecule has 80 heavy (non-hydrogen) atoms. The molecule has 2 heteroatoms. The predicted molar refractivity (Wildman–Crippen MR) is 339 cm³/mol. The zero-order chi connectivity index (χ0) is 52.9. The molecule has 0 aliphatic heterocycles. The van der Waals surface area contributed by atoms with Crippen LogP contribution in [0.25, 0.3) is 133 Å². The van der Waals surface area contributed by atoms with Crippen LogP contribution in [0.3, 0.4) is 0 Å². The molecule has 2 heterocycles. The van der Waals surface area contributed by atoms with Gasteiger partial charge in [-0.25, -0.2) is 0 Å². The molecule has 0 saturated heterocycles. The highest BCUT2D eigenvalue weighted by Gasteiger charge is 2.23. The second kappa shape index (κ2) is 19.9. The summed E-state index contributed by atoms with van der Waals surface area (Å²) in [7, 11) is 0. The molecule has 0 saturated carbocycles. The van der Waals surface area contributed by atoms with Crippen molar-refractivity contribution in [1.82, 2.24) is 9.13 Å². The summed E-state index contributed by atoms with van der Waals surface area (Å²) in [5.41, 5.74) is 20.2. The molecule has 1 atom stereocenters. The standard InChI is InChI=1S/C78H54N2/c1-5-21-57(22-6-1)73-47-48-74(58-23-7-2-8-24-58)79(73)63-41-35-53(36-42-63)61-39-45-69-71(51-61)77(67-33-17-29-55-19-13-15-31-65(55)67)70-46-40-62(52-72(70)78(69)68-34-18-30-56-20-14-16-32-66(56)68)54-37-43-64(44-38-54)80-75(59-25-9-3-10-26-59)49-50-76(80)60-27-11-4-12-28-60/h1-27,29-52,60H,28H2. The summed E-state index contributed by atoms with van der Waals surface area (Å²) in [4.78, 5) is 0. The van der Waals surface area contributed by atoms with Crippen LogP contribution in [0.2, 0.25) is 0 Å². The summed E-state index contributed by atoms with van der Waals surface area (Å²) < 4.78 is 4.86. The van der Waals surface area contributed by atoms with Crippen LogP contribution in [0.15, 0.2) is 309 Å². The molecule has 376 valence electrons. The predicted octanol–water partition coefficient (Wildman–Crippen LogP) is 21.1. The SMILES string of the molecule is C1=CCC(c2ccc(-c3ccccc3)n2-c2ccc(-c3ccc4c(-c5cccc6ccccc56)c5cc(-c6ccc(-n7c(-c8ccccc8)ccc7-c7ccccc7)cc6)ccc5c(-c5cccc6ccccc56)c4c3)cc2)C=C1. The zero-order valence-electron chi connectivity index (χ0n) is 44.1. The number of hydrogen-bond acceptors (Lipinski definition) is 0. The molecule has 12 aromatic carbocycles. The Morgan fingerprint density at radius 3 is 1.16 bits per heavy atom. The number of aromatic nitrogens is 2. The van der Waals surface area contributed by atoms with Gasteiger partial charge in [0, 0.05) is 23.0 Å². The maximum absolute atomic E-state index is 2.46. The lowest BCUT2D eigenvalue weighted by Gasteiger charge is -2.21. The van der Waals surface area contributed by atoms with Gasteiger partial charge < -0.3 is 9.13 Å². The van der Waals surface area contributed by atoms with Gasteiger partial charge in [0.1, 0.15) is 0 Å². The average Bonchev–Trinajstić information content (AvgIpc) is 4.31. The van der Waals surface area contributed by atoms with Crippen molar-refractivity contribution in [2.24, 2.45) is 0 Å². The summed E-state index contributed by atoms with van der Waals surface area (Å²) in [6, 6.07) is 105. The van der Waals surface area contributed by atoms with Crippen molar-refractivity contribution in [3.63, 3.8) is 0 Å². The normalized spacial score (nSPS) is 13.2. The van der Waals surface area contributed by atoms with Crippen molar-refractivity contribution < 1.29 is 0 Å². The Labute approximate surface area is 466 Å². The number of hydrogen-bond donors (Lipinski definition) is 0. The van der Waals surface area contributed by atoms with E-state index in [9.17, 15) is 0 Å². The lowest BCUT2D eigenvalue weighted by Crippen LogP contribution is -2.07. The maximum atomic E-state index is 2.46. The minimum atomic E-state index is 0.296. The van der Waals surface area contributed by atoms with Crippen LogP contribution in [0, 0.1) is 0 Å². The molecule has 1 aliphatic carbocycles. The Morgan fingerprint density at radius 2 is 0.688 bits per heavy atom. The molecule has 1 unspecified atom stereocenters. The summed E-state index contributed by atoms with van der Waals surface area (Å²) in [6.45, 7) is 0.